The minimum absolute atomic E-state index is 0.165. The van der Waals surface area contributed by atoms with Crippen molar-refractivity contribution >= 4 is 33.4 Å². The van der Waals surface area contributed by atoms with Crippen molar-refractivity contribution < 1.29 is 17.6 Å². The molecule has 0 spiro atoms. The fourth-order valence-electron chi connectivity index (χ4n) is 3.11. The van der Waals surface area contributed by atoms with Gasteiger partial charge in [-0.05, 0) is 67.0 Å². The summed E-state index contributed by atoms with van der Waals surface area (Å²) in [7, 11) is -3.24. The zero-order chi connectivity index (χ0) is 20.7. The Labute approximate surface area is 175 Å². The number of hydrogen-bond acceptors (Lipinski definition) is 4. The number of carbonyl (C=O) groups excluding carboxylic acids is 1. The van der Waals surface area contributed by atoms with Crippen LogP contribution in [-0.2, 0) is 15.8 Å². The molecule has 1 aliphatic rings. The molecule has 0 radical (unpaired) electrons. The van der Waals surface area contributed by atoms with E-state index in [1.54, 1.807) is 48.2 Å². The Morgan fingerprint density at radius 1 is 1.07 bits per heavy atom. The second kappa shape index (κ2) is 10.1. The number of halogens is 1. The Morgan fingerprint density at radius 3 is 2.48 bits per heavy atom. The second-order valence-electron chi connectivity index (χ2n) is 6.93. The minimum Gasteiger partial charge on any atom is -0.352 e. The molecule has 1 fully saturated rings. The van der Waals surface area contributed by atoms with Crippen molar-refractivity contribution in [3.05, 3.63) is 65.5 Å². The van der Waals surface area contributed by atoms with E-state index in [0.717, 1.165) is 29.9 Å². The van der Waals surface area contributed by atoms with Crippen molar-refractivity contribution in [3.63, 3.8) is 0 Å². The molecule has 1 amide bonds. The summed E-state index contributed by atoms with van der Waals surface area (Å²) < 4.78 is 38.6. The number of nitrogens with zero attached hydrogens (tertiary/aromatic N) is 1. The van der Waals surface area contributed by atoms with E-state index in [9.17, 15) is 17.6 Å². The first kappa shape index (κ1) is 21.6. The third kappa shape index (κ3) is 6.21. The highest BCUT2D eigenvalue weighted by Gasteiger charge is 2.25. The van der Waals surface area contributed by atoms with Gasteiger partial charge in [0.05, 0.1) is 11.4 Å². The van der Waals surface area contributed by atoms with Crippen molar-refractivity contribution in [2.45, 2.75) is 25.0 Å². The Hall–Kier alpha value is -2.06. The molecular formula is C21H25FN2O3S2. The summed E-state index contributed by atoms with van der Waals surface area (Å²) in [5.41, 5.74) is 2.21. The largest absolute Gasteiger partial charge is 0.352 e. The van der Waals surface area contributed by atoms with Gasteiger partial charge in [-0.3, -0.25) is 9.10 Å². The van der Waals surface area contributed by atoms with Gasteiger partial charge in [-0.2, -0.15) is 11.8 Å². The molecule has 5 nitrogen and oxygen atoms in total. The van der Waals surface area contributed by atoms with Crippen LogP contribution in [0.3, 0.4) is 0 Å². The monoisotopic (exact) mass is 436 g/mol. The molecule has 29 heavy (non-hydrogen) atoms. The maximum absolute atomic E-state index is 12.9. The van der Waals surface area contributed by atoms with E-state index in [2.05, 4.69) is 5.32 Å². The fourth-order valence-corrected chi connectivity index (χ4v) is 5.67. The van der Waals surface area contributed by atoms with E-state index >= 15 is 0 Å². The quantitative estimate of drug-likeness (QED) is 0.639. The zero-order valence-corrected chi connectivity index (χ0v) is 17.8. The van der Waals surface area contributed by atoms with Crippen LogP contribution in [-0.4, -0.2) is 38.9 Å². The molecule has 156 valence electrons. The summed E-state index contributed by atoms with van der Waals surface area (Å²) in [4.78, 5) is 12.3. The summed E-state index contributed by atoms with van der Waals surface area (Å²) in [6.07, 6.45) is 2.38. The van der Waals surface area contributed by atoms with E-state index in [-0.39, 0.29) is 17.5 Å². The lowest BCUT2D eigenvalue weighted by atomic mass is 10.2. The van der Waals surface area contributed by atoms with Crippen LogP contribution in [0.1, 0.15) is 35.2 Å². The van der Waals surface area contributed by atoms with Crippen molar-refractivity contribution in [1.82, 2.24) is 5.32 Å². The smallest absolute Gasteiger partial charge is 0.251 e. The molecule has 1 aliphatic heterocycles. The number of amides is 1. The van der Waals surface area contributed by atoms with Crippen LogP contribution < -0.4 is 9.62 Å². The Bertz CT molecular complexity index is 916. The number of benzene rings is 2. The minimum atomic E-state index is -3.24. The lowest BCUT2D eigenvalue weighted by Gasteiger charge is -2.28. The third-order valence-corrected chi connectivity index (χ3v) is 7.68. The SMILES string of the molecule is O=C(NCCCSCc1ccc(F)cc1)c1ccc(N2CCCCS2(=O)=O)cc1. The van der Waals surface area contributed by atoms with Crippen LogP contribution in [0.5, 0.6) is 0 Å². The van der Waals surface area contributed by atoms with Crippen LogP contribution in [0, 0.1) is 5.82 Å². The normalized spacial score (nSPS) is 15.8. The molecule has 1 saturated heterocycles. The summed E-state index contributed by atoms with van der Waals surface area (Å²) in [6.45, 7) is 1.06. The first-order chi connectivity index (χ1) is 14.0. The first-order valence-corrected chi connectivity index (χ1v) is 12.4. The van der Waals surface area contributed by atoms with Gasteiger partial charge in [0.1, 0.15) is 5.82 Å². The number of hydrogen-bond donors (Lipinski definition) is 1. The van der Waals surface area contributed by atoms with Crippen molar-refractivity contribution in [2.24, 2.45) is 0 Å². The molecule has 1 heterocycles. The average molecular weight is 437 g/mol. The number of carbonyl (C=O) groups is 1. The summed E-state index contributed by atoms with van der Waals surface area (Å²) >= 11 is 1.74. The maximum atomic E-state index is 12.9. The molecule has 2 aromatic carbocycles. The molecule has 8 heteroatoms. The molecule has 1 N–H and O–H groups in total. The summed E-state index contributed by atoms with van der Waals surface area (Å²) in [6, 6.07) is 13.2. The van der Waals surface area contributed by atoms with Crippen molar-refractivity contribution in [3.8, 4) is 0 Å². The number of sulfonamides is 1. The van der Waals surface area contributed by atoms with Crippen LogP contribution in [0.2, 0.25) is 0 Å². The van der Waals surface area contributed by atoms with Crippen LogP contribution in [0.4, 0.5) is 10.1 Å². The third-order valence-electron chi connectivity index (χ3n) is 4.70. The number of rotatable bonds is 8. The topological polar surface area (TPSA) is 66.5 Å². The number of thioether (sulfide) groups is 1. The van der Waals surface area contributed by atoms with Gasteiger partial charge in [0, 0.05) is 24.4 Å². The second-order valence-corrected chi connectivity index (χ2v) is 10.0. The highest BCUT2D eigenvalue weighted by atomic mass is 32.2. The molecule has 0 bridgehead atoms. The lowest BCUT2D eigenvalue weighted by Crippen LogP contribution is -2.37. The molecule has 0 aliphatic carbocycles. The van der Waals surface area contributed by atoms with Gasteiger partial charge in [0.2, 0.25) is 10.0 Å². The molecule has 0 aromatic heterocycles. The first-order valence-electron chi connectivity index (χ1n) is 9.66. The van der Waals surface area contributed by atoms with Gasteiger partial charge in [0.25, 0.3) is 5.91 Å². The highest BCUT2D eigenvalue weighted by Crippen LogP contribution is 2.23. The summed E-state index contributed by atoms with van der Waals surface area (Å²) in [5, 5.41) is 2.89. The van der Waals surface area contributed by atoms with E-state index < -0.39 is 10.0 Å². The van der Waals surface area contributed by atoms with Gasteiger partial charge >= 0.3 is 0 Å². The molecular weight excluding hydrogens is 411 g/mol. The maximum Gasteiger partial charge on any atom is 0.251 e. The van der Waals surface area contributed by atoms with E-state index in [0.29, 0.717) is 30.8 Å². The zero-order valence-electron chi connectivity index (χ0n) is 16.1. The average Bonchev–Trinajstić information content (AvgIpc) is 2.71. The summed E-state index contributed by atoms with van der Waals surface area (Å²) in [5.74, 6) is 1.49. The Kier molecular flexibility index (Phi) is 7.55. The van der Waals surface area contributed by atoms with Crippen LogP contribution >= 0.6 is 11.8 Å². The predicted octanol–water partition coefficient (Wildman–Crippen LogP) is 3.81. The van der Waals surface area contributed by atoms with Gasteiger partial charge in [-0.25, -0.2) is 12.8 Å². The molecule has 0 atom stereocenters. The number of nitrogens with one attached hydrogen (secondary N) is 1. The fraction of sp³-hybridized carbons (Fsp3) is 0.381. The highest BCUT2D eigenvalue weighted by molar-refractivity contribution is 7.98. The lowest BCUT2D eigenvalue weighted by molar-refractivity contribution is 0.0954. The van der Waals surface area contributed by atoms with Gasteiger partial charge in [-0.1, -0.05) is 12.1 Å². The van der Waals surface area contributed by atoms with Gasteiger partial charge in [0.15, 0.2) is 0 Å². The van der Waals surface area contributed by atoms with Gasteiger partial charge < -0.3 is 5.32 Å². The van der Waals surface area contributed by atoms with E-state index in [4.69, 9.17) is 0 Å². The van der Waals surface area contributed by atoms with E-state index in [1.807, 2.05) is 0 Å². The molecule has 0 saturated carbocycles. The van der Waals surface area contributed by atoms with Crippen molar-refractivity contribution in [2.75, 3.05) is 28.9 Å². The standard InChI is InChI=1S/C21H25FN2O3S2/c22-19-8-4-17(5-9-19)16-28-14-3-12-23-21(25)18-6-10-20(11-7-18)24-13-1-2-15-29(24,26)27/h4-11H,1-3,12-16H2,(H,23,25). The number of anilines is 1. The molecule has 0 unspecified atom stereocenters. The van der Waals surface area contributed by atoms with Crippen LogP contribution in [0.25, 0.3) is 0 Å². The van der Waals surface area contributed by atoms with Crippen LogP contribution in [0.15, 0.2) is 48.5 Å². The van der Waals surface area contributed by atoms with Gasteiger partial charge in [-0.15, -0.1) is 0 Å². The molecule has 3 rings (SSSR count). The Balaban J connectivity index is 1.40. The van der Waals surface area contributed by atoms with Crippen molar-refractivity contribution in [1.29, 1.82) is 0 Å². The Morgan fingerprint density at radius 2 is 1.79 bits per heavy atom. The van der Waals surface area contributed by atoms with E-state index in [1.165, 1.54) is 16.4 Å². The molecule has 2 aromatic rings. The predicted molar refractivity (Wildman–Crippen MR) is 116 cm³/mol.